The third-order valence-corrected chi connectivity index (χ3v) is 3.11. The van der Waals surface area contributed by atoms with Crippen LogP contribution in [0.15, 0.2) is 36.4 Å². The molecule has 0 aliphatic heterocycles. The summed E-state index contributed by atoms with van der Waals surface area (Å²) in [6.45, 7) is -0.181. The molecule has 0 aliphatic rings. The Labute approximate surface area is 236 Å². The molecule has 0 bridgehead atoms. The van der Waals surface area contributed by atoms with Crippen molar-refractivity contribution in [3.63, 3.8) is 0 Å². The number of nitrogens with two attached hydrogens (primary N) is 1. The van der Waals surface area contributed by atoms with Gasteiger partial charge in [-0.3, -0.25) is 10.1 Å². The van der Waals surface area contributed by atoms with Crippen LogP contribution in [0.1, 0.15) is 14.9 Å². The normalized spacial score (nSPS) is 7.78. The molecule has 2 rings (SSSR count). The van der Waals surface area contributed by atoms with E-state index in [0.717, 1.165) is 6.07 Å². The summed E-state index contributed by atoms with van der Waals surface area (Å²) < 4.78 is 43.3. The molecule has 0 spiro atoms. The first-order valence-electron chi connectivity index (χ1n) is 8.33. The fourth-order valence-corrected chi connectivity index (χ4v) is 1.60. The van der Waals surface area contributed by atoms with E-state index in [2.05, 4.69) is 36.0 Å². The SMILES string of the molecule is C.C.COC(=O)Cl.COC(=O)Nc1ccc(OC)c(F)c1.COc1ccc(N)cc1F.O=CO[O-].[Na+]. The molecule has 0 unspecified atom stereocenters. The van der Waals surface area contributed by atoms with E-state index in [0.29, 0.717) is 11.4 Å². The van der Waals surface area contributed by atoms with Gasteiger partial charge in [0.1, 0.15) is 0 Å². The van der Waals surface area contributed by atoms with Gasteiger partial charge in [-0.15, -0.1) is 0 Å². The molecule has 200 valence electrons. The number of nitrogens with one attached hydrogen (secondary N) is 1. The number of nitrogen functional groups attached to an aromatic ring is 1. The van der Waals surface area contributed by atoms with E-state index in [1.54, 1.807) is 6.07 Å². The fourth-order valence-electron chi connectivity index (χ4n) is 1.60. The quantitative estimate of drug-likeness (QED) is 0.141. The molecule has 0 aliphatic carbocycles. The van der Waals surface area contributed by atoms with Crippen molar-refractivity contribution < 1.29 is 81.8 Å². The number of rotatable bonds is 4. The molecule has 0 atom stereocenters. The second-order valence-electron chi connectivity index (χ2n) is 4.99. The predicted octanol–water partition coefficient (Wildman–Crippen LogP) is 1.13. The van der Waals surface area contributed by atoms with Crippen molar-refractivity contribution in [2.24, 2.45) is 0 Å². The van der Waals surface area contributed by atoms with E-state index < -0.39 is 23.2 Å². The number of carbonyl (C=O) groups excluding carboxylic acids is 3. The third kappa shape index (κ3) is 21.7. The van der Waals surface area contributed by atoms with E-state index in [4.69, 9.17) is 20.5 Å². The van der Waals surface area contributed by atoms with Gasteiger partial charge in [0.25, 0.3) is 6.47 Å². The van der Waals surface area contributed by atoms with Gasteiger partial charge in [0.15, 0.2) is 23.1 Å². The number of anilines is 2. The first kappa shape index (κ1) is 43.2. The molecule has 1 amide bonds. The van der Waals surface area contributed by atoms with Crippen LogP contribution in [0.25, 0.3) is 0 Å². The van der Waals surface area contributed by atoms with Gasteiger partial charge in [-0.1, -0.05) is 14.9 Å². The van der Waals surface area contributed by atoms with Gasteiger partial charge in [-0.25, -0.2) is 18.4 Å². The molecule has 11 nitrogen and oxygen atoms in total. The Balaban J connectivity index is -0.000000129. The van der Waals surface area contributed by atoms with Crippen LogP contribution in [-0.2, 0) is 19.2 Å². The summed E-state index contributed by atoms with van der Waals surface area (Å²) in [5.41, 5.74) is 5.23. The number of methoxy groups -OCH3 is 4. The van der Waals surface area contributed by atoms with Crippen molar-refractivity contribution in [2.75, 3.05) is 39.5 Å². The van der Waals surface area contributed by atoms with Crippen LogP contribution in [0, 0.1) is 11.6 Å². The Hall–Kier alpha value is -2.84. The Bertz CT molecular complexity index is 881. The molecule has 15 heteroatoms. The second kappa shape index (κ2) is 26.8. The van der Waals surface area contributed by atoms with Crippen LogP contribution in [-0.4, -0.2) is 46.4 Å². The number of hydrogen-bond acceptors (Lipinski definition) is 10. The summed E-state index contributed by atoms with van der Waals surface area (Å²) in [5, 5.41) is 10.8. The topological polar surface area (TPSA) is 158 Å². The summed E-state index contributed by atoms with van der Waals surface area (Å²) in [6, 6.07) is 8.38. The second-order valence-corrected chi connectivity index (χ2v) is 5.30. The van der Waals surface area contributed by atoms with Gasteiger partial charge in [0, 0.05) is 35.1 Å². The minimum atomic E-state index is -0.773. The van der Waals surface area contributed by atoms with Crippen LogP contribution in [0.4, 0.5) is 29.7 Å². The summed E-state index contributed by atoms with van der Waals surface area (Å²) >= 11 is 4.60. The van der Waals surface area contributed by atoms with Gasteiger partial charge in [0.05, 0.1) is 28.4 Å². The van der Waals surface area contributed by atoms with Crippen LogP contribution in [0.5, 0.6) is 11.5 Å². The Morgan fingerprint density at radius 1 is 0.944 bits per heavy atom. The summed E-state index contributed by atoms with van der Waals surface area (Å²) in [7, 11) is 5.23. The molecular formula is C21H30ClF2N2NaO9. The third-order valence-electron chi connectivity index (χ3n) is 2.96. The maximum atomic E-state index is 13.1. The van der Waals surface area contributed by atoms with Crippen LogP contribution >= 0.6 is 11.6 Å². The first-order chi connectivity index (χ1) is 15.6. The first-order valence-corrected chi connectivity index (χ1v) is 8.71. The zero-order valence-electron chi connectivity index (χ0n) is 18.9. The Morgan fingerprint density at radius 3 is 1.67 bits per heavy atom. The van der Waals surface area contributed by atoms with Gasteiger partial charge in [0.2, 0.25) is 0 Å². The van der Waals surface area contributed by atoms with Crippen LogP contribution < -0.4 is 55.3 Å². The summed E-state index contributed by atoms with van der Waals surface area (Å²) in [6.07, 6.45) is -0.644. The summed E-state index contributed by atoms with van der Waals surface area (Å²) in [5.74, 6) is -0.626. The maximum Gasteiger partial charge on any atom is 1.00 e. The van der Waals surface area contributed by atoms with Crippen molar-refractivity contribution in [3.05, 3.63) is 48.0 Å². The van der Waals surface area contributed by atoms with Crippen molar-refractivity contribution in [2.45, 2.75) is 14.9 Å². The van der Waals surface area contributed by atoms with E-state index in [9.17, 15) is 18.4 Å². The Kier molecular flexibility index (Phi) is 32.1. The van der Waals surface area contributed by atoms with Crippen molar-refractivity contribution in [1.82, 2.24) is 0 Å². The number of carbonyl (C=O) groups is 3. The fraction of sp³-hybridized carbons (Fsp3) is 0.286. The van der Waals surface area contributed by atoms with E-state index in [1.807, 2.05) is 0 Å². The molecule has 0 saturated carbocycles. The van der Waals surface area contributed by atoms with Crippen molar-refractivity contribution >= 4 is 41.0 Å². The minimum Gasteiger partial charge on any atom is -0.662 e. The number of benzene rings is 2. The largest absolute Gasteiger partial charge is 1.00 e. The predicted molar refractivity (Wildman–Crippen MR) is 125 cm³/mol. The van der Waals surface area contributed by atoms with Crippen molar-refractivity contribution in [3.8, 4) is 11.5 Å². The monoisotopic (exact) mass is 550 g/mol. The number of hydrogen-bond donors (Lipinski definition) is 2. The molecule has 36 heavy (non-hydrogen) atoms. The number of ether oxygens (including phenoxy) is 4. The van der Waals surface area contributed by atoms with Gasteiger partial charge >= 0.3 is 41.1 Å². The van der Waals surface area contributed by atoms with Gasteiger partial charge < -0.3 is 34.8 Å². The van der Waals surface area contributed by atoms with E-state index >= 15 is 0 Å². The summed E-state index contributed by atoms with van der Waals surface area (Å²) in [4.78, 5) is 31.4. The molecular weight excluding hydrogens is 521 g/mol. The molecule has 0 fully saturated rings. The molecule has 0 heterocycles. The maximum absolute atomic E-state index is 13.1. The van der Waals surface area contributed by atoms with Crippen LogP contribution in [0.2, 0.25) is 0 Å². The average molecular weight is 551 g/mol. The molecule has 0 saturated heterocycles. The number of halogens is 3. The molecule has 2 aromatic rings. The zero-order valence-corrected chi connectivity index (χ0v) is 21.7. The molecule has 0 aromatic heterocycles. The minimum absolute atomic E-state index is 0. The zero-order chi connectivity index (χ0) is 25.8. The van der Waals surface area contributed by atoms with Crippen LogP contribution in [0.3, 0.4) is 0 Å². The molecule has 3 N–H and O–H groups in total. The number of amides is 1. The van der Waals surface area contributed by atoms with Crippen molar-refractivity contribution in [1.29, 1.82) is 0 Å². The molecule has 0 radical (unpaired) electrons. The van der Waals surface area contributed by atoms with Gasteiger partial charge in [-0.2, -0.15) is 0 Å². The van der Waals surface area contributed by atoms with E-state index in [-0.39, 0.29) is 62.4 Å². The average Bonchev–Trinajstić information content (AvgIpc) is 2.80. The van der Waals surface area contributed by atoms with Gasteiger partial charge in [-0.05, 0) is 24.3 Å². The standard InChI is InChI=1S/C9H10FNO3.C7H8FNO.C2H3ClO2.CH2O3.2CH4.Na/c1-13-8-4-3-6(5-7(8)10)11-9(12)14-2;1-10-7-3-2-5(9)4-6(7)8;1-5-2(3)4;2-1-4-3;;;/h3-5H,1-2H3,(H,11,12);2-4H,9H2,1H3;1H3;1,3H;2*1H4;/q;;;;;;+1/p-1. The molecule has 2 aromatic carbocycles. The Morgan fingerprint density at radius 2 is 1.36 bits per heavy atom. The van der Waals surface area contributed by atoms with E-state index in [1.165, 1.54) is 52.7 Å². The smallest absolute Gasteiger partial charge is 0.662 e.